The molecule has 23 heavy (non-hydrogen) atoms. The Hall–Kier alpha value is -0.350. The van der Waals surface area contributed by atoms with E-state index in [2.05, 4.69) is 21.6 Å². The average molecular weight is 458 g/mol. The van der Waals surface area contributed by atoms with Crippen molar-refractivity contribution in [3.63, 3.8) is 0 Å². The molecule has 0 unspecified atom stereocenters. The number of nitrogens with one attached hydrogen (secondary N) is 2. The van der Waals surface area contributed by atoms with Crippen LogP contribution in [0.15, 0.2) is 17.6 Å². The molecule has 0 atom stereocenters. The van der Waals surface area contributed by atoms with Crippen molar-refractivity contribution in [2.45, 2.75) is 32.1 Å². The number of sulfonamides is 1. The van der Waals surface area contributed by atoms with E-state index in [9.17, 15) is 8.42 Å². The van der Waals surface area contributed by atoms with Gasteiger partial charge in [0.2, 0.25) is 10.0 Å². The van der Waals surface area contributed by atoms with E-state index >= 15 is 0 Å². The van der Waals surface area contributed by atoms with Gasteiger partial charge in [-0.25, -0.2) is 13.1 Å². The molecule has 136 valence electrons. The van der Waals surface area contributed by atoms with Crippen LogP contribution in [0.1, 0.15) is 32.1 Å². The van der Waals surface area contributed by atoms with Crippen LogP contribution < -0.4 is 10.0 Å². The summed E-state index contributed by atoms with van der Waals surface area (Å²) in [6.07, 6.45) is 7.36. The quantitative estimate of drug-likeness (QED) is 0.172. The minimum absolute atomic E-state index is 0. The molecule has 2 N–H and O–H groups in total. The van der Waals surface area contributed by atoms with Gasteiger partial charge in [-0.1, -0.05) is 12.5 Å². The second-order valence-electron chi connectivity index (χ2n) is 5.79. The van der Waals surface area contributed by atoms with E-state index in [-0.39, 0.29) is 29.7 Å². The highest BCUT2D eigenvalue weighted by molar-refractivity contribution is 14.0. The highest BCUT2D eigenvalue weighted by atomic mass is 127. The van der Waals surface area contributed by atoms with Crippen LogP contribution in [-0.2, 0) is 10.0 Å². The van der Waals surface area contributed by atoms with Crippen LogP contribution in [0.5, 0.6) is 0 Å². The third-order valence-corrected chi connectivity index (χ3v) is 5.29. The maximum Gasteiger partial charge on any atom is 0.213 e. The van der Waals surface area contributed by atoms with Crippen LogP contribution in [0.2, 0.25) is 0 Å². The molecule has 6 nitrogen and oxygen atoms in total. The van der Waals surface area contributed by atoms with E-state index in [1.165, 1.54) is 6.42 Å². The SMILES string of the molecule is C=CCCCN(C)C(=NC)NCCS(=O)(=O)NCC1CCC1.I. The molecule has 1 aliphatic rings. The highest BCUT2D eigenvalue weighted by Gasteiger charge is 2.20. The molecule has 0 heterocycles. The zero-order valence-corrected chi connectivity index (χ0v) is 17.4. The Balaban J connectivity index is 0.00000484. The summed E-state index contributed by atoms with van der Waals surface area (Å²) in [4.78, 5) is 6.17. The maximum absolute atomic E-state index is 11.9. The fourth-order valence-corrected chi connectivity index (χ4v) is 3.28. The molecule has 0 aromatic carbocycles. The lowest BCUT2D eigenvalue weighted by atomic mass is 9.86. The van der Waals surface area contributed by atoms with Crippen molar-refractivity contribution in [2.24, 2.45) is 10.9 Å². The van der Waals surface area contributed by atoms with E-state index < -0.39 is 10.0 Å². The van der Waals surface area contributed by atoms with Crippen molar-refractivity contribution in [1.29, 1.82) is 0 Å². The predicted octanol–water partition coefficient (Wildman–Crippen LogP) is 1.80. The van der Waals surface area contributed by atoms with E-state index in [4.69, 9.17) is 0 Å². The van der Waals surface area contributed by atoms with Gasteiger partial charge in [0.1, 0.15) is 0 Å². The smallest absolute Gasteiger partial charge is 0.213 e. The molecule has 0 aromatic heterocycles. The van der Waals surface area contributed by atoms with E-state index in [0.29, 0.717) is 19.0 Å². The zero-order chi connectivity index (χ0) is 16.4. The van der Waals surface area contributed by atoms with Crippen LogP contribution in [-0.4, -0.2) is 58.8 Å². The lowest BCUT2D eigenvalue weighted by Crippen LogP contribution is -2.43. The molecule has 0 spiro atoms. The first-order valence-corrected chi connectivity index (χ1v) is 9.63. The van der Waals surface area contributed by atoms with Gasteiger partial charge in [-0.2, -0.15) is 0 Å². The first-order valence-electron chi connectivity index (χ1n) is 7.98. The van der Waals surface area contributed by atoms with Crippen molar-refractivity contribution < 1.29 is 8.42 Å². The number of nitrogens with zero attached hydrogens (tertiary/aromatic N) is 2. The summed E-state index contributed by atoms with van der Waals surface area (Å²) in [5.74, 6) is 1.32. The minimum Gasteiger partial charge on any atom is -0.355 e. The molecule has 0 aliphatic heterocycles. The molecule has 0 bridgehead atoms. The van der Waals surface area contributed by atoms with Gasteiger partial charge in [0.25, 0.3) is 0 Å². The Bertz CT molecular complexity index is 464. The van der Waals surface area contributed by atoms with Crippen molar-refractivity contribution >= 4 is 40.0 Å². The monoisotopic (exact) mass is 458 g/mol. The summed E-state index contributed by atoms with van der Waals surface area (Å²) < 4.78 is 26.5. The van der Waals surface area contributed by atoms with Gasteiger partial charge in [-0.3, -0.25) is 4.99 Å². The standard InChI is InChI=1S/C15H30N4O2S.HI/c1-4-5-6-11-19(3)15(16-2)17-10-12-22(20,21)18-13-14-8-7-9-14;/h4,14,18H,1,5-13H2,2-3H3,(H,16,17);1H. The number of unbranched alkanes of at least 4 members (excludes halogenated alkanes) is 1. The second-order valence-corrected chi connectivity index (χ2v) is 7.72. The van der Waals surface area contributed by atoms with Crippen molar-refractivity contribution in [1.82, 2.24) is 14.9 Å². The maximum atomic E-state index is 11.9. The zero-order valence-electron chi connectivity index (χ0n) is 14.3. The van der Waals surface area contributed by atoms with Crippen molar-refractivity contribution in [2.75, 3.05) is 39.5 Å². The number of hydrogen-bond donors (Lipinski definition) is 2. The second kappa shape index (κ2) is 12.1. The fraction of sp³-hybridized carbons (Fsp3) is 0.800. The molecule has 0 saturated heterocycles. The number of rotatable bonds is 10. The van der Waals surface area contributed by atoms with Gasteiger partial charge in [-0.15, -0.1) is 30.6 Å². The van der Waals surface area contributed by atoms with E-state index in [1.54, 1.807) is 7.05 Å². The number of guanidine groups is 1. The van der Waals surface area contributed by atoms with Gasteiger partial charge in [0, 0.05) is 33.7 Å². The van der Waals surface area contributed by atoms with E-state index in [1.807, 2.05) is 18.0 Å². The third-order valence-electron chi connectivity index (χ3n) is 3.95. The van der Waals surface area contributed by atoms with E-state index in [0.717, 1.165) is 38.2 Å². The van der Waals surface area contributed by atoms with Crippen LogP contribution in [0.25, 0.3) is 0 Å². The topological polar surface area (TPSA) is 73.8 Å². The van der Waals surface area contributed by atoms with Crippen LogP contribution in [0, 0.1) is 5.92 Å². The molecular formula is C15H31IN4O2S. The summed E-state index contributed by atoms with van der Waals surface area (Å²) in [6, 6.07) is 0. The Morgan fingerprint density at radius 2 is 2.13 bits per heavy atom. The van der Waals surface area contributed by atoms with Crippen LogP contribution in [0.3, 0.4) is 0 Å². The molecule has 0 amide bonds. The number of aliphatic imine (C=N–C) groups is 1. The molecular weight excluding hydrogens is 427 g/mol. The first kappa shape index (κ1) is 22.6. The highest BCUT2D eigenvalue weighted by Crippen LogP contribution is 2.25. The lowest BCUT2D eigenvalue weighted by Gasteiger charge is -2.25. The Morgan fingerprint density at radius 1 is 1.43 bits per heavy atom. The molecule has 1 saturated carbocycles. The third kappa shape index (κ3) is 9.51. The Kier molecular flexibility index (Phi) is 11.9. The Labute approximate surface area is 158 Å². The molecule has 0 radical (unpaired) electrons. The van der Waals surface area contributed by atoms with Gasteiger partial charge in [0.05, 0.1) is 5.75 Å². The summed E-state index contributed by atoms with van der Waals surface area (Å²) in [5, 5.41) is 3.10. The molecule has 1 fully saturated rings. The van der Waals surface area contributed by atoms with Crippen LogP contribution >= 0.6 is 24.0 Å². The minimum atomic E-state index is -3.20. The van der Waals surface area contributed by atoms with Gasteiger partial charge in [0.15, 0.2) is 5.96 Å². The fourth-order valence-electron chi connectivity index (χ4n) is 2.27. The lowest BCUT2D eigenvalue weighted by molar-refractivity contribution is 0.316. The summed E-state index contributed by atoms with van der Waals surface area (Å²) in [7, 11) is 0.448. The predicted molar refractivity (Wildman–Crippen MR) is 108 cm³/mol. The largest absolute Gasteiger partial charge is 0.355 e. The molecule has 1 rings (SSSR count). The Morgan fingerprint density at radius 3 is 2.65 bits per heavy atom. The van der Waals surface area contributed by atoms with Crippen LogP contribution in [0.4, 0.5) is 0 Å². The van der Waals surface area contributed by atoms with Gasteiger partial charge >= 0.3 is 0 Å². The molecule has 8 heteroatoms. The summed E-state index contributed by atoms with van der Waals surface area (Å²) in [5.41, 5.74) is 0. The number of allylic oxidation sites excluding steroid dienone is 1. The van der Waals surface area contributed by atoms with Crippen molar-refractivity contribution in [3.05, 3.63) is 12.7 Å². The number of halogens is 1. The summed E-state index contributed by atoms with van der Waals surface area (Å²) >= 11 is 0. The normalized spacial score (nSPS) is 15.5. The van der Waals surface area contributed by atoms with Gasteiger partial charge in [-0.05, 0) is 31.6 Å². The molecule has 1 aliphatic carbocycles. The van der Waals surface area contributed by atoms with Crippen molar-refractivity contribution in [3.8, 4) is 0 Å². The first-order chi connectivity index (χ1) is 10.5. The van der Waals surface area contributed by atoms with Gasteiger partial charge < -0.3 is 10.2 Å². The molecule has 0 aromatic rings. The average Bonchev–Trinajstić information content (AvgIpc) is 2.42. The summed E-state index contributed by atoms with van der Waals surface area (Å²) in [6.45, 7) is 5.50. The number of hydrogen-bond acceptors (Lipinski definition) is 3.